The predicted octanol–water partition coefficient (Wildman–Crippen LogP) is 4.52. The summed E-state index contributed by atoms with van der Waals surface area (Å²) in [6.45, 7) is 5.52. The largest absolute Gasteiger partial charge is 0.497 e. The van der Waals surface area contributed by atoms with E-state index in [1.807, 2.05) is 57.2 Å². The van der Waals surface area contributed by atoms with E-state index in [1.165, 1.54) is 0 Å². The van der Waals surface area contributed by atoms with Gasteiger partial charge in [-0.15, -0.1) is 0 Å². The molecule has 8 heteroatoms. The van der Waals surface area contributed by atoms with Gasteiger partial charge in [-0.1, -0.05) is 57.2 Å². The first kappa shape index (κ1) is 24.6. The number of rotatable bonds is 3. The fourth-order valence-electron chi connectivity index (χ4n) is 6.65. The van der Waals surface area contributed by atoms with E-state index in [0.717, 1.165) is 24.0 Å². The van der Waals surface area contributed by atoms with Crippen LogP contribution < -0.4 is 4.74 Å². The van der Waals surface area contributed by atoms with Crippen molar-refractivity contribution in [3.63, 3.8) is 0 Å². The predicted molar refractivity (Wildman–Crippen MR) is 138 cm³/mol. The summed E-state index contributed by atoms with van der Waals surface area (Å²) in [7, 11) is 1.57. The van der Waals surface area contributed by atoms with Gasteiger partial charge in [0.15, 0.2) is 5.78 Å². The highest BCUT2D eigenvalue weighted by Crippen LogP contribution is 2.64. The van der Waals surface area contributed by atoms with Gasteiger partial charge < -0.3 is 14.2 Å². The molecule has 0 bridgehead atoms. The number of carbonyl (C=O) groups is 3. The molecule has 6 rings (SSSR count). The standard InChI is InChI=1S/C30H32N2O6/c1-28(2,3)25(33)23-22(18-11-13-20(36-4)14-12-18)30(24-21-10-6-5-9-19(21)17-31-32(23)24)26(34)37-29(38-27(30)35)15-7-8-16-29/h5-6,9-14,17,22-24H,7-8,15-16H2,1-4H3/t22-,23+,24-/m1/s1. The molecule has 0 amide bonds. The van der Waals surface area contributed by atoms with Gasteiger partial charge in [0.25, 0.3) is 5.79 Å². The topological polar surface area (TPSA) is 94.5 Å². The average Bonchev–Trinajstić information content (AvgIpc) is 3.47. The monoisotopic (exact) mass is 516 g/mol. The lowest BCUT2D eigenvalue weighted by Gasteiger charge is -2.45. The molecule has 3 aliphatic heterocycles. The van der Waals surface area contributed by atoms with E-state index < -0.39 is 46.6 Å². The van der Waals surface area contributed by atoms with Crippen LogP contribution in [0.2, 0.25) is 0 Å². The highest BCUT2D eigenvalue weighted by atomic mass is 16.7. The van der Waals surface area contributed by atoms with Crippen molar-refractivity contribution in [2.24, 2.45) is 15.9 Å². The van der Waals surface area contributed by atoms with Crippen molar-refractivity contribution in [3.05, 3.63) is 65.2 Å². The van der Waals surface area contributed by atoms with Gasteiger partial charge in [0.05, 0.1) is 13.3 Å². The number of esters is 2. The summed E-state index contributed by atoms with van der Waals surface area (Å²) >= 11 is 0. The molecule has 8 nitrogen and oxygen atoms in total. The number of carbonyl (C=O) groups excluding carboxylic acids is 3. The Morgan fingerprint density at radius 1 is 1.00 bits per heavy atom. The van der Waals surface area contributed by atoms with Crippen molar-refractivity contribution in [2.75, 3.05) is 7.11 Å². The molecule has 3 fully saturated rings. The maximum Gasteiger partial charge on any atom is 0.330 e. The molecule has 2 spiro atoms. The Balaban J connectivity index is 1.62. The lowest BCUT2D eigenvalue weighted by atomic mass is 9.64. The Kier molecular flexibility index (Phi) is 5.46. The van der Waals surface area contributed by atoms with Gasteiger partial charge in [-0.05, 0) is 41.7 Å². The number of hydrogen-bond donors (Lipinski definition) is 0. The number of nitrogens with zero attached hydrogens (tertiary/aromatic N) is 2. The second kappa shape index (κ2) is 8.41. The summed E-state index contributed by atoms with van der Waals surface area (Å²) in [5.74, 6) is -2.94. The van der Waals surface area contributed by atoms with Gasteiger partial charge in [-0.3, -0.25) is 19.4 Å². The zero-order chi connectivity index (χ0) is 26.9. The van der Waals surface area contributed by atoms with Crippen LogP contribution in [0.15, 0.2) is 53.6 Å². The minimum Gasteiger partial charge on any atom is -0.497 e. The molecular formula is C30H32N2O6. The third-order valence-corrected chi connectivity index (χ3v) is 8.49. The normalized spacial score (nSPS) is 26.6. The molecule has 38 heavy (non-hydrogen) atoms. The number of benzene rings is 2. The van der Waals surface area contributed by atoms with Crippen molar-refractivity contribution in [1.82, 2.24) is 5.01 Å². The molecular weight excluding hydrogens is 484 g/mol. The number of fused-ring (bicyclic) bond motifs is 4. The van der Waals surface area contributed by atoms with Gasteiger partial charge in [-0.2, -0.15) is 5.10 Å². The molecule has 3 heterocycles. The average molecular weight is 517 g/mol. The Hall–Kier alpha value is -3.68. The van der Waals surface area contributed by atoms with Gasteiger partial charge in [0.2, 0.25) is 5.41 Å². The van der Waals surface area contributed by atoms with Crippen LogP contribution >= 0.6 is 0 Å². The lowest BCUT2D eigenvalue weighted by Crippen LogP contribution is -2.59. The van der Waals surface area contributed by atoms with Crippen LogP contribution in [0.5, 0.6) is 5.75 Å². The number of ketones is 1. The van der Waals surface area contributed by atoms with Crippen LogP contribution in [0, 0.1) is 10.8 Å². The second-order valence-electron chi connectivity index (χ2n) is 11.7. The maximum absolute atomic E-state index is 14.4. The van der Waals surface area contributed by atoms with Gasteiger partial charge in [-0.25, -0.2) is 0 Å². The fraction of sp³-hybridized carbons (Fsp3) is 0.467. The van der Waals surface area contributed by atoms with Gasteiger partial charge in [0, 0.05) is 24.2 Å². The Labute approximate surface area is 221 Å². The SMILES string of the molecule is COc1ccc([C@@H]2[C@@H](C(=O)C(C)(C)C)N3N=Cc4ccccc4[C@@H]3C23C(=O)OC2(CCCC2)OC3=O)cc1. The Morgan fingerprint density at radius 2 is 1.63 bits per heavy atom. The summed E-state index contributed by atoms with van der Waals surface area (Å²) in [6.07, 6.45) is 4.26. The quantitative estimate of drug-likeness (QED) is 0.437. The summed E-state index contributed by atoms with van der Waals surface area (Å²) in [6, 6.07) is 12.9. The molecule has 0 radical (unpaired) electrons. The third kappa shape index (κ3) is 3.35. The molecule has 0 unspecified atom stereocenters. The van der Waals surface area contributed by atoms with Crippen LogP contribution in [-0.4, -0.2) is 47.9 Å². The van der Waals surface area contributed by atoms with Crippen LogP contribution in [-0.2, 0) is 23.9 Å². The summed E-state index contributed by atoms with van der Waals surface area (Å²) < 4.78 is 17.6. The number of hydrazone groups is 1. The van der Waals surface area contributed by atoms with Crippen LogP contribution in [0.25, 0.3) is 0 Å². The summed E-state index contributed by atoms with van der Waals surface area (Å²) in [4.78, 5) is 43.1. The molecule has 0 N–H and O–H groups in total. The number of ether oxygens (including phenoxy) is 3. The number of hydrogen-bond acceptors (Lipinski definition) is 8. The van der Waals surface area contributed by atoms with E-state index in [-0.39, 0.29) is 5.78 Å². The Bertz CT molecular complexity index is 1320. The van der Waals surface area contributed by atoms with Crippen molar-refractivity contribution in [3.8, 4) is 5.75 Å². The van der Waals surface area contributed by atoms with Gasteiger partial charge in [0.1, 0.15) is 17.8 Å². The first-order chi connectivity index (χ1) is 18.1. The first-order valence-corrected chi connectivity index (χ1v) is 13.2. The zero-order valence-corrected chi connectivity index (χ0v) is 22.1. The fourth-order valence-corrected chi connectivity index (χ4v) is 6.65. The van der Waals surface area contributed by atoms with Crippen molar-refractivity contribution in [2.45, 2.75) is 70.2 Å². The maximum atomic E-state index is 14.4. The van der Waals surface area contributed by atoms with E-state index in [4.69, 9.17) is 19.3 Å². The van der Waals surface area contributed by atoms with Gasteiger partial charge >= 0.3 is 11.9 Å². The minimum absolute atomic E-state index is 0.126. The summed E-state index contributed by atoms with van der Waals surface area (Å²) in [5.41, 5.74) is -0.435. The molecule has 198 valence electrons. The van der Waals surface area contributed by atoms with Crippen molar-refractivity contribution < 1.29 is 28.6 Å². The van der Waals surface area contributed by atoms with Crippen molar-refractivity contribution >= 4 is 23.9 Å². The molecule has 1 saturated carbocycles. The van der Waals surface area contributed by atoms with E-state index >= 15 is 0 Å². The van der Waals surface area contributed by atoms with E-state index in [2.05, 4.69) is 0 Å². The molecule has 2 aromatic carbocycles. The summed E-state index contributed by atoms with van der Waals surface area (Å²) in [5, 5.41) is 6.37. The Morgan fingerprint density at radius 3 is 2.24 bits per heavy atom. The lowest BCUT2D eigenvalue weighted by molar-refractivity contribution is -0.263. The zero-order valence-electron chi connectivity index (χ0n) is 22.1. The second-order valence-corrected chi connectivity index (χ2v) is 11.7. The van der Waals surface area contributed by atoms with E-state index in [1.54, 1.807) is 30.5 Å². The highest BCUT2D eigenvalue weighted by molar-refractivity contribution is 6.07. The highest BCUT2D eigenvalue weighted by Gasteiger charge is 2.76. The van der Waals surface area contributed by atoms with Crippen molar-refractivity contribution in [1.29, 1.82) is 0 Å². The molecule has 0 aromatic heterocycles. The molecule has 4 aliphatic rings. The van der Waals surface area contributed by atoms with E-state index in [9.17, 15) is 14.4 Å². The van der Waals surface area contributed by atoms with E-state index in [0.29, 0.717) is 24.2 Å². The third-order valence-electron chi connectivity index (χ3n) is 8.49. The van der Waals surface area contributed by atoms with Crippen LogP contribution in [0.3, 0.4) is 0 Å². The minimum atomic E-state index is -1.83. The molecule has 3 atom stereocenters. The number of methoxy groups -OCH3 is 1. The molecule has 2 saturated heterocycles. The molecule has 1 aliphatic carbocycles. The van der Waals surface area contributed by atoms with Crippen LogP contribution in [0.4, 0.5) is 0 Å². The smallest absolute Gasteiger partial charge is 0.330 e. The first-order valence-electron chi connectivity index (χ1n) is 13.2. The van der Waals surface area contributed by atoms with Crippen LogP contribution in [0.1, 0.15) is 75.1 Å². The number of Topliss-reactive ketones (excluding diaryl/α,β-unsaturated/α-hetero) is 1. The molecule has 2 aromatic rings.